The smallest absolute Gasteiger partial charge is 0.222 e. The second kappa shape index (κ2) is 12.4. The number of nitrogens with one attached hydrogen (secondary N) is 2. The standard InChI is InChI=1S/C22H35N5O.HI/c1-3-23-22(24-12-8-14-26-13-7-11-21(26)28)25-20-15-18(2)27(17-20)16-19-9-5-4-6-10-19;/h4-6,9-10,18,20H,3,7-8,11-17H2,1-2H3,(H2,23,24,25);1H. The van der Waals surface area contributed by atoms with Crippen molar-refractivity contribution in [3.63, 3.8) is 0 Å². The number of hydrogen-bond donors (Lipinski definition) is 2. The van der Waals surface area contributed by atoms with Crippen molar-refractivity contribution in [2.75, 3.05) is 32.7 Å². The van der Waals surface area contributed by atoms with Gasteiger partial charge in [-0.3, -0.25) is 14.7 Å². The minimum Gasteiger partial charge on any atom is -0.357 e. The van der Waals surface area contributed by atoms with Crippen molar-refractivity contribution in [1.29, 1.82) is 0 Å². The van der Waals surface area contributed by atoms with Gasteiger partial charge >= 0.3 is 0 Å². The first kappa shape index (κ1) is 23.9. The molecular formula is C22H36IN5O. The maximum absolute atomic E-state index is 11.7. The molecule has 2 aliphatic rings. The van der Waals surface area contributed by atoms with E-state index in [2.05, 4.69) is 59.7 Å². The summed E-state index contributed by atoms with van der Waals surface area (Å²) < 4.78 is 0. The highest BCUT2D eigenvalue weighted by Gasteiger charge is 2.29. The molecule has 2 atom stereocenters. The van der Waals surface area contributed by atoms with Crippen LogP contribution in [0, 0.1) is 0 Å². The third kappa shape index (κ3) is 7.44. The molecule has 2 saturated heterocycles. The van der Waals surface area contributed by atoms with Gasteiger partial charge in [-0.25, -0.2) is 0 Å². The second-order valence-electron chi connectivity index (χ2n) is 7.94. The number of likely N-dealkylation sites (tertiary alicyclic amines) is 2. The van der Waals surface area contributed by atoms with Gasteiger partial charge in [0.15, 0.2) is 5.96 Å². The summed E-state index contributed by atoms with van der Waals surface area (Å²) in [5.74, 6) is 1.20. The first-order valence-corrected chi connectivity index (χ1v) is 10.8. The van der Waals surface area contributed by atoms with Crippen LogP contribution in [0.1, 0.15) is 45.1 Å². The largest absolute Gasteiger partial charge is 0.357 e. The Balaban J connectivity index is 0.00000300. The monoisotopic (exact) mass is 513 g/mol. The van der Waals surface area contributed by atoms with Crippen LogP contribution < -0.4 is 10.6 Å². The highest BCUT2D eigenvalue weighted by Crippen LogP contribution is 2.20. The van der Waals surface area contributed by atoms with Crippen molar-refractivity contribution < 1.29 is 4.79 Å². The molecule has 2 unspecified atom stereocenters. The minimum atomic E-state index is 0. The van der Waals surface area contributed by atoms with Crippen LogP contribution in [0.15, 0.2) is 35.3 Å². The lowest BCUT2D eigenvalue weighted by Crippen LogP contribution is -2.44. The Labute approximate surface area is 192 Å². The minimum absolute atomic E-state index is 0. The Morgan fingerprint density at radius 3 is 2.76 bits per heavy atom. The van der Waals surface area contributed by atoms with Gasteiger partial charge in [0, 0.05) is 57.8 Å². The van der Waals surface area contributed by atoms with Gasteiger partial charge < -0.3 is 15.5 Å². The molecule has 7 heteroatoms. The van der Waals surface area contributed by atoms with E-state index >= 15 is 0 Å². The first-order chi connectivity index (χ1) is 13.7. The summed E-state index contributed by atoms with van der Waals surface area (Å²) in [4.78, 5) is 20.9. The average molecular weight is 513 g/mol. The lowest BCUT2D eigenvalue weighted by atomic mass is 10.2. The van der Waals surface area contributed by atoms with E-state index in [1.807, 2.05) is 4.90 Å². The molecule has 0 saturated carbocycles. The molecule has 2 N–H and O–H groups in total. The number of benzene rings is 1. The van der Waals surface area contributed by atoms with Gasteiger partial charge in [-0.05, 0) is 38.7 Å². The Bertz CT molecular complexity index is 654. The molecule has 1 amide bonds. The number of halogens is 1. The van der Waals surface area contributed by atoms with Gasteiger partial charge in [-0.2, -0.15) is 0 Å². The fourth-order valence-electron chi connectivity index (χ4n) is 4.15. The molecule has 29 heavy (non-hydrogen) atoms. The zero-order valence-electron chi connectivity index (χ0n) is 17.8. The average Bonchev–Trinajstić information content (AvgIpc) is 3.25. The van der Waals surface area contributed by atoms with Gasteiger partial charge in [0.25, 0.3) is 0 Å². The third-order valence-electron chi connectivity index (χ3n) is 5.64. The summed E-state index contributed by atoms with van der Waals surface area (Å²) in [6.45, 7) is 9.77. The van der Waals surface area contributed by atoms with Crippen molar-refractivity contribution in [2.24, 2.45) is 4.99 Å². The fourth-order valence-corrected chi connectivity index (χ4v) is 4.15. The fraction of sp³-hybridized carbons (Fsp3) is 0.636. The molecule has 0 spiro atoms. The molecule has 0 bridgehead atoms. The molecule has 1 aromatic carbocycles. The van der Waals surface area contributed by atoms with Crippen molar-refractivity contribution in [1.82, 2.24) is 20.4 Å². The Morgan fingerprint density at radius 2 is 2.07 bits per heavy atom. The Morgan fingerprint density at radius 1 is 1.28 bits per heavy atom. The second-order valence-corrected chi connectivity index (χ2v) is 7.94. The summed E-state index contributed by atoms with van der Waals surface area (Å²) >= 11 is 0. The molecule has 2 aliphatic heterocycles. The maximum atomic E-state index is 11.7. The summed E-state index contributed by atoms with van der Waals surface area (Å²) in [6, 6.07) is 11.7. The molecule has 0 aliphatic carbocycles. The lowest BCUT2D eigenvalue weighted by Gasteiger charge is -2.21. The number of hydrogen-bond acceptors (Lipinski definition) is 3. The maximum Gasteiger partial charge on any atom is 0.222 e. The summed E-state index contributed by atoms with van der Waals surface area (Å²) in [5.41, 5.74) is 1.37. The molecule has 6 nitrogen and oxygen atoms in total. The molecule has 2 heterocycles. The van der Waals surface area contributed by atoms with Crippen LogP contribution in [0.25, 0.3) is 0 Å². The number of carbonyl (C=O) groups is 1. The van der Waals surface area contributed by atoms with Gasteiger partial charge in [0.2, 0.25) is 5.91 Å². The number of carbonyl (C=O) groups excluding carboxylic acids is 1. The Kier molecular flexibility index (Phi) is 10.2. The van der Waals surface area contributed by atoms with E-state index in [-0.39, 0.29) is 24.0 Å². The van der Waals surface area contributed by atoms with E-state index in [9.17, 15) is 4.79 Å². The van der Waals surface area contributed by atoms with Crippen molar-refractivity contribution in [3.05, 3.63) is 35.9 Å². The summed E-state index contributed by atoms with van der Waals surface area (Å²) in [6.07, 6.45) is 3.77. The number of guanidine groups is 1. The van der Waals surface area contributed by atoms with Gasteiger partial charge in [0.1, 0.15) is 0 Å². The zero-order chi connectivity index (χ0) is 19.8. The number of aliphatic imine (C=N–C) groups is 1. The highest BCUT2D eigenvalue weighted by molar-refractivity contribution is 14.0. The molecule has 2 fully saturated rings. The predicted octanol–water partition coefficient (Wildman–Crippen LogP) is 2.84. The van der Waals surface area contributed by atoms with Crippen molar-refractivity contribution >= 4 is 35.8 Å². The van der Waals surface area contributed by atoms with E-state index in [1.54, 1.807) is 0 Å². The number of nitrogens with zero attached hydrogens (tertiary/aromatic N) is 3. The van der Waals surface area contributed by atoms with Crippen LogP contribution in [-0.4, -0.2) is 66.5 Å². The number of rotatable bonds is 8. The highest BCUT2D eigenvalue weighted by atomic mass is 127. The van der Waals surface area contributed by atoms with E-state index in [0.29, 0.717) is 24.4 Å². The third-order valence-corrected chi connectivity index (χ3v) is 5.64. The van der Waals surface area contributed by atoms with E-state index < -0.39 is 0 Å². The first-order valence-electron chi connectivity index (χ1n) is 10.8. The van der Waals surface area contributed by atoms with E-state index in [1.165, 1.54) is 5.56 Å². The van der Waals surface area contributed by atoms with Crippen LogP contribution in [0.5, 0.6) is 0 Å². The van der Waals surface area contributed by atoms with E-state index in [0.717, 1.165) is 64.5 Å². The van der Waals surface area contributed by atoms with Gasteiger partial charge in [-0.15, -0.1) is 24.0 Å². The Hall–Kier alpha value is -1.35. The van der Waals surface area contributed by atoms with E-state index in [4.69, 9.17) is 4.99 Å². The number of amides is 1. The lowest BCUT2D eigenvalue weighted by molar-refractivity contribution is -0.127. The predicted molar refractivity (Wildman–Crippen MR) is 130 cm³/mol. The summed E-state index contributed by atoms with van der Waals surface area (Å²) in [5, 5.41) is 6.98. The van der Waals surface area contributed by atoms with Gasteiger partial charge in [-0.1, -0.05) is 30.3 Å². The SMILES string of the molecule is CCNC(=NCCCN1CCCC1=O)NC1CC(C)N(Cc2ccccc2)C1.I. The van der Waals surface area contributed by atoms with Crippen LogP contribution >= 0.6 is 24.0 Å². The molecule has 1 aromatic rings. The van der Waals surface area contributed by atoms with Gasteiger partial charge in [0.05, 0.1) is 0 Å². The van der Waals surface area contributed by atoms with Crippen LogP contribution in [-0.2, 0) is 11.3 Å². The molecule has 162 valence electrons. The van der Waals surface area contributed by atoms with Crippen LogP contribution in [0.3, 0.4) is 0 Å². The topological polar surface area (TPSA) is 60.0 Å². The zero-order valence-corrected chi connectivity index (χ0v) is 20.1. The molecular weight excluding hydrogens is 477 g/mol. The van der Waals surface area contributed by atoms with Crippen LogP contribution in [0.4, 0.5) is 0 Å². The molecule has 0 radical (unpaired) electrons. The normalized spacial score (nSPS) is 22.6. The van der Waals surface area contributed by atoms with Crippen molar-refractivity contribution in [3.8, 4) is 0 Å². The summed E-state index contributed by atoms with van der Waals surface area (Å²) in [7, 11) is 0. The quantitative estimate of drug-likeness (QED) is 0.243. The van der Waals surface area contributed by atoms with Crippen LogP contribution in [0.2, 0.25) is 0 Å². The molecule has 3 rings (SSSR count). The molecule has 0 aromatic heterocycles. The van der Waals surface area contributed by atoms with Crippen molar-refractivity contribution in [2.45, 2.75) is 58.2 Å².